The average molecular weight is 386 g/mol. The van der Waals surface area contributed by atoms with Gasteiger partial charge in [-0.2, -0.15) is 9.78 Å². The number of thioether (sulfide) groups is 1. The van der Waals surface area contributed by atoms with Crippen LogP contribution < -0.4 is 0 Å². The Balaban J connectivity index is 1.65. The van der Waals surface area contributed by atoms with Crippen molar-refractivity contribution in [1.29, 1.82) is 0 Å². The van der Waals surface area contributed by atoms with E-state index in [1.165, 1.54) is 5.56 Å². The zero-order valence-electron chi connectivity index (χ0n) is 15.0. The van der Waals surface area contributed by atoms with Gasteiger partial charge in [-0.25, -0.2) is 0 Å². The Hall–Kier alpha value is -3.38. The van der Waals surface area contributed by atoms with Gasteiger partial charge >= 0.3 is 0 Å². The van der Waals surface area contributed by atoms with Gasteiger partial charge in [0.05, 0.1) is 6.21 Å². The second kappa shape index (κ2) is 8.54. The van der Waals surface area contributed by atoms with Crippen LogP contribution in [0.4, 0.5) is 0 Å². The third-order valence-electron chi connectivity index (χ3n) is 4.07. The highest BCUT2D eigenvalue weighted by molar-refractivity contribution is 7.98. The fourth-order valence-electron chi connectivity index (χ4n) is 2.63. The summed E-state index contributed by atoms with van der Waals surface area (Å²) < 4.78 is 1.76. The van der Waals surface area contributed by atoms with Gasteiger partial charge in [0.1, 0.15) is 5.75 Å². The molecule has 1 N–H and O–H groups in total. The minimum atomic E-state index is 0.227. The standard InChI is InChI=1S/C22H18N4OS/c27-20-13-11-17(12-14-20)15-23-26-21(19-9-5-2-6-10-19)24-25-22(26)28-16-18-7-3-1-4-8-18/h1-15,27H,16H2/b23-15-. The Labute approximate surface area is 167 Å². The van der Waals surface area contributed by atoms with Crippen molar-refractivity contribution in [3.8, 4) is 17.1 Å². The summed E-state index contributed by atoms with van der Waals surface area (Å²) in [5, 5.41) is 23.5. The molecule has 0 aliphatic rings. The number of phenols is 1. The molecule has 1 aromatic heterocycles. The second-order valence-electron chi connectivity index (χ2n) is 6.09. The van der Waals surface area contributed by atoms with E-state index >= 15 is 0 Å². The van der Waals surface area contributed by atoms with Crippen LogP contribution in [-0.4, -0.2) is 26.2 Å². The lowest BCUT2D eigenvalue weighted by Gasteiger charge is -2.05. The van der Waals surface area contributed by atoms with Crippen molar-refractivity contribution in [2.75, 3.05) is 0 Å². The molecule has 4 rings (SSSR count). The van der Waals surface area contributed by atoms with E-state index in [4.69, 9.17) is 0 Å². The summed E-state index contributed by atoms with van der Waals surface area (Å²) in [7, 11) is 0. The van der Waals surface area contributed by atoms with Gasteiger partial charge in [-0.1, -0.05) is 72.4 Å². The smallest absolute Gasteiger partial charge is 0.212 e. The molecule has 0 saturated heterocycles. The van der Waals surface area contributed by atoms with E-state index in [0.29, 0.717) is 5.82 Å². The van der Waals surface area contributed by atoms with E-state index in [2.05, 4.69) is 27.4 Å². The number of aromatic hydroxyl groups is 1. The van der Waals surface area contributed by atoms with Crippen LogP contribution in [0.1, 0.15) is 11.1 Å². The Bertz CT molecular complexity index is 1060. The monoisotopic (exact) mass is 386 g/mol. The normalized spacial score (nSPS) is 11.1. The van der Waals surface area contributed by atoms with Gasteiger partial charge in [0.15, 0.2) is 5.82 Å². The predicted molar refractivity (Wildman–Crippen MR) is 113 cm³/mol. The van der Waals surface area contributed by atoms with Crippen LogP contribution in [0.5, 0.6) is 5.75 Å². The number of benzene rings is 3. The first-order valence-corrected chi connectivity index (χ1v) is 9.79. The molecule has 3 aromatic carbocycles. The molecule has 6 heteroatoms. The van der Waals surface area contributed by atoms with Crippen molar-refractivity contribution < 1.29 is 5.11 Å². The second-order valence-corrected chi connectivity index (χ2v) is 7.04. The van der Waals surface area contributed by atoms with Gasteiger partial charge in [0, 0.05) is 11.3 Å². The quantitative estimate of drug-likeness (QED) is 0.381. The zero-order chi connectivity index (χ0) is 19.2. The van der Waals surface area contributed by atoms with Gasteiger partial charge in [0.2, 0.25) is 5.16 Å². The van der Waals surface area contributed by atoms with Crippen LogP contribution in [0.25, 0.3) is 11.4 Å². The number of hydrogen-bond acceptors (Lipinski definition) is 5. The van der Waals surface area contributed by atoms with Crippen LogP contribution in [0.15, 0.2) is 95.2 Å². The molecule has 0 saturated carbocycles. The van der Waals surface area contributed by atoms with E-state index in [1.54, 1.807) is 34.8 Å². The van der Waals surface area contributed by atoms with Crippen LogP contribution in [0, 0.1) is 0 Å². The Morgan fingerprint density at radius 3 is 2.25 bits per heavy atom. The highest BCUT2D eigenvalue weighted by atomic mass is 32.2. The van der Waals surface area contributed by atoms with Gasteiger partial charge in [0.25, 0.3) is 0 Å². The third-order valence-corrected chi connectivity index (χ3v) is 5.06. The summed E-state index contributed by atoms with van der Waals surface area (Å²) >= 11 is 1.59. The summed E-state index contributed by atoms with van der Waals surface area (Å²) in [5.41, 5.74) is 3.04. The lowest BCUT2D eigenvalue weighted by Crippen LogP contribution is -1.97. The maximum absolute atomic E-state index is 9.45. The highest BCUT2D eigenvalue weighted by Crippen LogP contribution is 2.26. The molecular weight excluding hydrogens is 368 g/mol. The van der Waals surface area contributed by atoms with Crippen molar-refractivity contribution in [1.82, 2.24) is 14.9 Å². The van der Waals surface area contributed by atoms with Crippen molar-refractivity contribution in [3.05, 3.63) is 96.1 Å². The first-order valence-electron chi connectivity index (χ1n) is 8.80. The molecule has 0 radical (unpaired) electrons. The molecule has 0 amide bonds. The molecule has 0 unspecified atom stereocenters. The summed E-state index contributed by atoms with van der Waals surface area (Å²) in [6, 6.07) is 27.0. The van der Waals surface area contributed by atoms with Crippen LogP contribution in [0.3, 0.4) is 0 Å². The summed E-state index contributed by atoms with van der Waals surface area (Å²) in [6.07, 6.45) is 1.74. The summed E-state index contributed by atoms with van der Waals surface area (Å²) in [5.74, 6) is 1.69. The molecule has 28 heavy (non-hydrogen) atoms. The first-order chi connectivity index (χ1) is 13.8. The molecule has 138 valence electrons. The van der Waals surface area contributed by atoms with Gasteiger partial charge in [-0.3, -0.25) is 0 Å². The molecule has 0 aliphatic carbocycles. The van der Waals surface area contributed by atoms with E-state index in [9.17, 15) is 5.11 Å². The number of aromatic nitrogens is 3. The van der Waals surface area contributed by atoms with E-state index < -0.39 is 0 Å². The molecule has 0 aliphatic heterocycles. The van der Waals surface area contributed by atoms with Crippen LogP contribution >= 0.6 is 11.8 Å². The maximum atomic E-state index is 9.45. The van der Waals surface area contributed by atoms with Crippen molar-refractivity contribution in [3.63, 3.8) is 0 Å². The van der Waals surface area contributed by atoms with E-state index in [-0.39, 0.29) is 5.75 Å². The summed E-state index contributed by atoms with van der Waals surface area (Å²) in [4.78, 5) is 0. The minimum Gasteiger partial charge on any atom is -0.508 e. The summed E-state index contributed by atoms with van der Waals surface area (Å²) in [6.45, 7) is 0. The predicted octanol–water partition coefficient (Wildman–Crippen LogP) is 4.83. The van der Waals surface area contributed by atoms with E-state index in [0.717, 1.165) is 22.0 Å². The molecule has 0 spiro atoms. The number of rotatable bonds is 6. The van der Waals surface area contributed by atoms with Gasteiger partial charge in [-0.05, 0) is 35.4 Å². The number of nitrogens with zero attached hydrogens (tertiary/aromatic N) is 4. The first kappa shape index (κ1) is 18.0. The van der Waals surface area contributed by atoms with Crippen LogP contribution in [0.2, 0.25) is 0 Å². The van der Waals surface area contributed by atoms with Crippen molar-refractivity contribution in [2.24, 2.45) is 5.10 Å². The molecule has 0 bridgehead atoms. The topological polar surface area (TPSA) is 63.3 Å². The average Bonchev–Trinajstić information content (AvgIpc) is 3.16. The molecule has 0 fully saturated rings. The minimum absolute atomic E-state index is 0.227. The Morgan fingerprint density at radius 2 is 1.54 bits per heavy atom. The van der Waals surface area contributed by atoms with Gasteiger partial charge < -0.3 is 5.11 Å². The molecule has 1 heterocycles. The largest absolute Gasteiger partial charge is 0.508 e. The molecular formula is C22H18N4OS. The fourth-order valence-corrected chi connectivity index (χ4v) is 3.48. The highest BCUT2D eigenvalue weighted by Gasteiger charge is 2.14. The SMILES string of the molecule is Oc1ccc(/C=N\n2c(SCc3ccccc3)nnc2-c2ccccc2)cc1. The molecule has 4 aromatic rings. The lowest BCUT2D eigenvalue weighted by atomic mass is 10.2. The molecule has 5 nitrogen and oxygen atoms in total. The molecule has 0 atom stereocenters. The van der Waals surface area contributed by atoms with Crippen molar-refractivity contribution >= 4 is 18.0 Å². The van der Waals surface area contributed by atoms with Crippen LogP contribution in [-0.2, 0) is 5.75 Å². The zero-order valence-corrected chi connectivity index (χ0v) is 15.8. The van der Waals surface area contributed by atoms with Crippen molar-refractivity contribution in [2.45, 2.75) is 10.9 Å². The van der Waals surface area contributed by atoms with Gasteiger partial charge in [-0.15, -0.1) is 10.2 Å². The van der Waals surface area contributed by atoms with E-state index in [1.807, 2.05) is 60.7 Å². The number of hydrogen-bond donors (Lipinski definition) is 1. The Kier molecular flexibility index (Phi) is 5.49. The third kappa shape index (κ3) is 4.29. The Morgan fingerprint density at radius 1 is 0.857 bits per heavy atom. The fraction of sp³-hybridized carbons (Fsp3) is 0.0455. The maximum Gasteiger partial charge on any atom is 0.212 e. The number of phenolic OH excluding ortho intramolecular Hbond substituents is 1. The lowest BCUT2D eigenvalue weighted by molar-refractivity contribution is 0.475.